The summed E-state index contributed by atoms with van der Waals surface area (Å²) in [5.74, 6) is -0.259. The van der Waals surface area contributed by atoms with Gasteiger partial charge < -0.3 is 10.8 Å². The SMILES string of the molecule is O.O=C1CNC(=O)N1. The van der Waals surface area contributed by atoms with E-state index in [4.69, 9.17) is 0 Å². The monoisotopic (exact) mass is 118 g/mol. The van der Waals surface area contributed by atoms with E-state index in [0.717, 1.165) is 0 Å². The van der Waals surface area contributed by atoms with Crippen LogP contribution in [0.3, 0.4) is 0 Å². The lowest BCUT2D eigenvalue weighted by Crippen LogP contribution is -2.22. The van der Waals surface area contributed by atoms with E-state index in [9.17, 15) is 9.59 Å². The molecule has 0 spiro atoms. The Kier molecular flexibility index (Phi) is 1.96. The molecule has 0 aromatic carbocycles. The largest absolute Gasteiger partial charge is 0.412 e. The van der Waals surface area contributed by atoms with Crippen molar-refractivity contribution in [2.24, 2.45) is 0 Å². The predicted octanol–water partition coefficient (Wildman–Crippen LogP) is -2.00. The smallest absolute Gasteiger partial charge is 0.321 e. The van der Waals surface area contributed by atoms with Gasteiger partial charge in [0.2, 0.25) is 5.91 Å². The third kappa shape index (κ3) is 1.19. The van der Waals surface area contributed by atoms with Crippen LogP contribution < -0.4 is 10.6 Å². The third-order valence-corrected chi connectivity index (χ3v) is 0.662. The van der Waals surface area contributed by atoms with Crippen LogP contribution in [-0.2, 0) is 4.79 Å². The number of hydrogen-bond donors (Lipinski definition) is 2. The Morgan fingerprint density at radius 2 is 2.00 bits per heavy atom. The summed E-state index contributed by atoms with van der Waals surface area (Å²) in [5, 5.41) is 4.30. The first-order valence-electron chi connectivity index (χ1n) is 1.87. The topological polar surface area (TPSA) is 89.7 Å². The van der Waals surface area contributed by atoms with E-state index in [1.165, 1.54) is 0 Å². The van der Waals surface area contributed by atoms with Gasteiger partial charge >= 0.3 is 6.03 Å². The van der Waals surface area contributed by atoms with Crippen molar-refractivity contribution in [2.75, 3.05) is 6.54 Å². The minimum atomic E-state index is -0.398. The Labute approximate surface area is 45.4 Å². The maximum atomic E-state index is 10.1. The van der Waals surface area contributed by atoms with Gasteiger partial charge in [0, 0.05) is 0 Å². The summed E-state index contributed by atoms with van der Waals surface area (Å²) in [6, 6.07) is -0.398. The maximum Gasteiger partial charge on any atom is 0.321 e. The van der Waals surface area contributed by atoms with Crippen molar-refractivity contribution < 1.29 is 15.1 Å². The predicted molar refractivity (Wildman–Crippen MR) is 25.2 cm³/mol. The first kappa shape index (κ1) is 6.90. The molecule has 5 heteroatoms. The number of hydrogen-bond acceptors (Lipinski definition) is 2. The van der Waals surface area contributed by atoms with Gasteiger partial charge in [-0.3, -0.25) is 10.1 Å². The Morgan fingerprint density at radius 1 is 1.38 bits per heavy atom. The number of rotatable bonds is 0. The average molecular weight is 118 g/mol. The fourth-order valence-corrected chi connectivity index (χ4v) is 0.376. The Morgan fingerprint density at radius 3 is 2.12 bits per heavy atom. The van der Waals surface area contributed by atoms with Gasteiger partial charge in [0.15, 0.2) is 0 Å². The molecule has 1 saturated heterocycles. The van der Waals surface area contributed by atoms with Crippen LogP contribution in [0, 0.1) is 0 Å². The van der Waals surface area contributed by atoms with Gasteiger partial charge in [0.05, 0.1) is 6.54 Å². The van der Waals surface area contributed by atoms with Crippen molar-refractivity contribution in [3.8, 4) is 0 Å². The van der Waals surface area contributed by atoms with E-state index in [0.29, 0.717) is 0 Å². The number of amides is 3. The molecule has 8 heavy (non-hydrogen) atoms. The molecule has 0 radical (unpaired) electrons. The van der Waals surface area contributed by atoms with Crippen LogP contribution in [-0.4, -0.2) is 24.0 Å². The second-order valence-electron chi connectivity index (χ2n) is 1.23. The lowest BCUT2D eigenvalue weighted by Gasteiger charge is -1.78. The molecule has 0 bridgehead atoms. The fraction of sp³-hybridized carbons (Fsp3) is 0.333. The van der Waals surface area contributed by atoms with Gasteiger partial charge in [0.1, 0.15) is 0 Å². The minimum absolute atomic E-state index is 0. The highest BCUT2D eigenvalue weighted by Gasteiger charge is 2.14. The average Bonchev–Trinajstić information content (AvgIpc) is 1.87. The zero-order valence-corrected chi connectivity index (χ0v) is 4.02. The highest BCUT2D eigenvalue weighted by Crippen LogP contribution is 1.73. The van der Waals surface area contributed by atoms with Gasteiger partial charge in [-0.05, 0) is 0 Å². The van der Waals surface area contributed by atoms with Crippen LogP contribution in [0.2, 0.25) is 0 Å². The van der Waals surface area contributed by atoms with Gasteiger partial charge in [-0.25, -0.2) is 4.79 Å². The van der Waals surface area contributed by atoms with Crippen molar-refractivity contribution in [3.05, 3.63) is 0 Å². The Bertz CT molecular complexity index is 108. The highest BCUT2D eigenvalue weighted by atomic mass is 16.2. The van der Waals surface area contributed by atoms with Crippen molar-refractivity contribution >= 4 is 11.9 Å². The van der Waals surface area contributed by atoms with E-state index >= 15 is 0 Å². The summed E-state index contributed by atoms with van der Waals surface area (Å²) in [6.07, 6.45) is 0. The quantitative estimate of drug-likeness (QED) is 0.360. The highest BCUT2D eigenvalue weighted by molar-refractivity contribution is 6.01. The van der Waals surface area contributed by atoms with Gasteiger partial charge in [-0.1, -0.05) is 0 Å². The number of imide groups is 1. The van der Waals surface area contributed by atoms with Gasteiger partial charge in [-0.15, -0.1) is 0 Å². The van der Waals surface area contributed by atoms with Crippen molar-refractivity contribution in [3.63, 3.8) is 0 Å². The van der Waals surface area contributed by atoms with E-state index in [-0.39, 0.29) is 17.9 Å². The molecule has 0 aliphatic carbocycles. The summed E-state index contributed by atoms with van der Waals surface area (Å²) >= 11 is 0. The molecule has 0 saturated carbocycles. The molecule has 1 aliphatic heterocycles. The normalized spacial score (nSPS) is 16.5. The number of urea groups is 1. The molecule has 1 rings (SSSR count). The van der Waals surface area contributed by atoms with Crippen LogP contribution in [0.15, 0.2) is 0 Å². The van der Waals surface area contributed by atoms with Gasteiger partial charge in [-0.2, -0.15) is 0 Å². The maximum absolute atomic E-state index is 10.1. The summed E-state index contributed by atoms with van der Waals surface area (Å²) in [4.78, 5) is 20.1. The molecule has 1 heterocycles. The van der Waals surface area contributed by atoms with Crippen molar-refractivity contribution in [1.82, 2.24) is 10.6 Å². The molecule has 5 nitrogen and oxygen atoms in total. The van der Waals surface area contributed by atoms with E-state index in [2.05, 4.69) is 5.32 Å². The van der Waals surface area contributed by atoms with Crippen LogP contribution >= 0.6 is 0 Å². The van der Waals surface area contributed by atoms with Crippen LogP contribution in [0.1, 0.15) is 0 Å². The Hall–Kier alpha value is -1.10. The zero-order valence-electron chi connectivity index (χ0n) is 4.02. The number of carbonyl (C=O) groups is 2. The molecular formula is C3H6N2O3. The lowest BCUT2D eigenvalue weighted by atomic mass is 10.7. The third-order valence-electron chi connectivity index (χ3n) is 0.662. The van der Waals surface area contributed by atoms with E-state index < -0.39 is 6.03 Å². The summed E-state index contributed by atoms with van der Waals surface area (Å²) in [7, 11) is 0. The first-order chi connectivity index (χ1) is 3.29. The minimum Gasteiger partial charge on any atom is -0.412 e. The van der Waals surface area contributed by atoms with Crippen LogP contribution in [0.5, 0.6) is 0 Å². The zero-order chi connectivity index (χ0) is 5.28. The molecule has 0 atom stereocenters. The first-order valence-corrected chi connectivity index (χ1v) is 1.87. The molecule has 0 unspecified atom stereocenters. The van der Waals surface area contributed by atoms with E-state index in [1.807, 2.05) is 5.32 Å². The summed E-state index contributed by atoms with van der Waals surface area (Å²) in [5.41, 5.74) is 0. The lowest BCUT2D eigenvalue weighted by molar-refractivity contribution is -0.117. The van der Waals surface area contributed by atoms with Crippen LogP contribution in [0.4, 0.5) is 4.79 Å². The molecule has 0 aromatic heterocycles. The standard InChI is InChI=1S/C3H4N2O2.H2O/c6-2-1-4-3(7)5-2;/h1H2,(H2,4,5,6,7);1H2. The molecule has 0 aromatic rings. The van der Waals surface area contributed by atoms with Gasteiger partial charge in [0.25, 0.3) is 0 Å². The molecule has 3 amide bonds. The van der Waals surface area contributed by atoms with Crippen molar-refractivity contribution in [2.45, 2.75) is 0 Å². The van der Waals surface area contributed by atoms with Crippen LogP contribution in [0.25, 0.3) is 0 Å². The molecular weight excluding hydrogens is 112 g/mol. The number of carbonyl (C=O) groups excluding carboxylic acids is 2. The number of nitrogens with one attached hydrogen (secondary N) is 2. The van der Waals surface area contributed by atoms with Crippen molar-refractivity contribution in [1.29, 1.82) is 0 Å². The molecule has 1 fully saturated rings. The summed E-state index contributed by atoms with van der Waals surface area (Å²) in [6.45, 7) is 0.124. The Balaban J connectivity index is 0.000000490. The van der Waals surface area contributed by atoms with E-state index in [1.54, 1.807) is 0 Å². The molecule has 1 aliphatic rings. The summed E-state index contributed by atoms with van der Waals surface area (Å²) < 4.78 is 0. The second kappa shape index (κ2) is 2.27. The second-order valence-corrected chi connectivity index (χ2v) is 1.23. The molecule has 46 valence electrons. The fourth-order valence-electron chi connectivity index (χ4n) is 0.376. The molecule has 4 N–H and O–H groups in total.